The summed E-state index contributed by atoms with van der Waals surface area (Å²) in [5.74, 6) is 0. The van der Waals surface area contributed by atoms with Gasteiger partial charge in [-0.3, -0.25) is 0 Å². The summed E-state index contributed by atoms with van der Waals surface area (Å²) in [6, 6.07) is 2.65. The predicted molar refractivity (Wildman–Crippen MR) is 69.0 cm³/mol. The highest BCUT2D eigenvalue weighted by molar-refractivity contribution is 7.18. The lowest BCUT2D eigenvalue weighted by Crippen LogP contribution is -2.27. The molecule has 2 aromatic rings. The molecule has 0 spiro atoms. The van der Waals surface area contributed by atoms with Crippen molar-refractivity contribution in [3.05, 3.63) is 23.0 Å². The lowest BCUT2D eigenvalue weighted by Gasteiger charge is -2.11. The Balaban J connectivity index is 2.29. The third-order valence-electron chi connectivity index (χ3n) is 2.59. The van der Waals surface area contributed by atoms with Crippen molar-refractivity contribution >= 4 is 21.6 Å². The van der Waals surface area contributed by atoms with Crippen LogP contribution in [0.1, 0.15) is 24.4 Å². The summed E-state index contributed by atoms with van der Waals surface area (Å²) in [6.45, 7) is 7.43. The molecule has 4 heteroatoms. The zero-order valence-corrected chi connectivity index (χ0v) is 10.8. The Morgan fingerprint density at radius 1 is 1.44 bits per heavy atom. The minimum absolute atomic E-state index is 0.461. The maximum absolute atomic E-state index is 4.40. The number of aryl methyl sites for hydroxylation is 1. The van der Waals surface area contributed by atoms with E-state index in [1.807, 2.05) is 0 Å². The Hall–Kier alpha value is -1.00. The van der Waals surface area contributed by atoms with E-state index < -0.39 is 0 Å². The molecule has 2 heterocycles. The molecule has 0 aliphatic rings. The van der Waals surface area contributed by atoms with Gasteiger partial charge < -0.3 is 5.32 Å². The third-order valence-corrected chi connectivity index (χ3v) is 3.55. The molecular formula is C12H17N3S. The van der Waals surface area contributed by atoms with Crippen LogP contribution in [0.25, 0.3) is 10.2 Å². The van der Waals surface area contributed by atoms with E-state index in [0.29, 0.717) is 6.04 Å². The molecular weight excluding hydrogens is 218 g/mol. The van der Waals surface area contributed by atoms with E-state index in [9.17, 15) is 0 Å². The quantitative estimate of drug-likeness (QED) is 0.885. The number of hydrogen-bond acceptors (Lipinski definition) is 4. The van der Waals surface area contributed by atoms with Gasteiger partial charge in [-0.05, 0) is 26.5 Å². The fourth-order valence-electron chi connectivity index (χ4n) is 1.90. The average molecular weight is 235 g/mol. The van der Waals surface area contributed by atoms with E-state index in [2.05, 4.69) is 42.1 Å². The van der Waals surface area contributed by atoms with Crippen molar-refractivity contribution in [3.8, 4) is 0 Å². The first-order valence-electron chi connectivity index (χ1n) is 5.64. The van der Waals surface area contributed by atoms with Crippen molar-refractivity contribution in [2.45, 2.75) is 33.2 Å². The van der Waals surface area contributed by atoms with Crippen LogP contribution in [0.15, 0.2) is 12.4 Å². The van der Waals surface area contributed by atoms with E-state index in [4.69, 9.17) is 0 Å². The van der Waals surface area contributed by atoms with Gasteiger partial charge in [0.2, 0.25) is 0 Å². The number of rotatable bonds is 4. The van der Waals surface area contributed by atoms with Gasteiger partial charge in [0.05, 0.1) is 5.69 Å². The SMILES string of the molecule is CCNC(C)Cc1ncnc2sc(C)cc12. The van der Waals surface area contributed by atoms with Crippen LogP contribution in [0.2, 0.25) is 0 Å². The molecule has 16 heavy (non-hydrogen) atoms. The number of hydrogen-bond donors (Lipinski definition) is 1. The fraction of sp³-hybridized carbons (Fsp3) is 0.500. The van der Waals surface area contributed by atoms with Crippen LogP contribution in [-0.4, -0.2) is 22.6 Å². The number of aromatic nitrogens is 2. The van der Waals surface area contributed by atoms with Crippen molar-refractivity contribution in [1.82, 2.24) is 15.3 Å². The van der Waals surface area contributed by atoms with E-state index in [1.165, 1.54) is 10.3 Å². The van der Waals surface area contributed by atoms with Crippen LogP contribution in [0, 0.1) is 6.92 Å². The van der Waals surface area contributed by atoms with E-state index in [1.54, 1.807) is 17.7 Å². The molecule has 1 unspecified atom stereocenters. The van der Waals surface area contributed by atoms with E-state index in [0.717, 1.165) is 23.5 Å². The standard InChI is InChI=1S/C12H17N3S/c1-4-13-8(2)5-11-10-6-9(3)16-12(10)15-7-14-11/h6-8,13H,4-5H2,1-3H3. The lowest BCUT2D eigenvalue weighted by molar-refractivity contribution is 0.561. The van der Waals surface area contributed by atoms with E-state index >= 15 is 0 Å². The van der Waals surface area contributed by atoms with Gasteiger partial charge in [0.1, 0.15) is 11.2 Å². The average Bonchev–Trinajstić information content (AvgIpc) is 2.60. The second-order valence-corrected chi connectivity index (χ2v) is 5.29. The topological polar surface area (TPSA) is 37.8 Å². The van der Waals surface area contributed by atoms with Gasteiger partial charge in [-0.15, -0.1) is 11.3 Å². The number of nitrogens with one attached hydrogen (secondary N) is 1. The molecule has 0 aliphatic carbocycles. The third kappa shape index (κ3) is 2.39. The van der Waals surface area contributed by atoms with Crippen molar-refractivity contribution in [2.75, 3.05) is 6.54 Å². The number of nitrogens with zero attached hydrogens (tertiary/aromatic N) is 2. The summed E-state index contributed by atoms with van der Waals surface area (Å²) >= 11 is 1.74. The highest BCUT2D eigenvalue weighted by Gasteiger charge is 2.09. The van der Waals surface area contributed by atoms with Gasteiger partial charge in [-0.1, -0.05) is 6.92 Å². The minimum atomic E-state index is 0.461. The number of thiophene rings is 1. The summed E-state index contributed by atoms with van der Waals surface area (Å²) in [7, 11) is 0. The summed E-state index contributed by atoms with van der Waals surface area (Å²) in [5, 5.41) is 4.63. The van der Waals surface area contributed by atoms with Gasteiger partial charge in [-0.25, -0.2) is 9.97 Å². The van der Waals surface area contributed by atoms with Gasteiger partial charge in [0, 0.05) is 22.7 Å². The Morgan fingerprint density at radius 3 is 3.00 bits per heavy atom. The second-order valence-electron chi connectivity index (χ2n) is 4.06. The zero-order valence-electron chi connectivity index (χ0n) is 9.95. The Morgan fingerprint density at radius 2 is 2.25 bits per heavy atom. The maximum atomic E-state index is 4.40. The summed E-state index contributed by atoms with van der Waals surface area (Å²) < 4.78 is 0. The Bertz CT molecular complexity index is 478. The van der Waals surface area contributed by atoms with Crippen molar-refractivity contribution < 1.29 is 0 Å². The molecule has 2 aromatic heterocycles. The maximum Gasteiger partial charge on any atom is 0.127 e. The molecule has 86 valence electrons. The first-order chi connectivity index (χ1) is 7.70. The first-order valence-corrected chi connectivity index (χ1v) is 6.45. The molecule has 0 saturated heterocycles. The highest BCUT2D eigenvalue weighted by Crippen LogP contribution is 2.25. The monoisotopic (exact) mass is 235 g/mol. The fourth-order valence-corrected chi connectivity index (χ4v) is 2.77. The van der Waals surface area contributed by atoms with Crippen molar-refractivity contribution in [2.24, 2.45) is 0 Å². The number of likely N-dealkylation sites (N-methyl/N-ethyl adjacent to an activating group) is 1. The van der Waals surface area contributed by atoms with Crippen LogP contribution >= 0.6 is 11.3 Å². The minimum Gasteiger partial charge on any atom is -0.314 e. The largest absolute Gasteiger partial charge is 0.314 e. The molecule has 0 aliphatic heterocycles. The summed E-state index contributed by atoms with van der Waals surface area (Å²) in [6.07, 6.45) is 2.63. The molecule has 0 fully saturated rings. The van der Waals surface area contributed by atoms with Gasteiger partial charge >= 0.3 is 0 Å². The molecule has 0 radical (unpaired) electrons. The second kappa shape index (κ2) is 4.89. The molecule has 1 N–H and O–H groups in total. The van der Waals surface area contributed by atoms with Crippen LogP contribution in [0.4, 0.5) is 0 Å². The zero-order chi connectivity index (χ0) is 11.5. The van der Waals surface area contributed by atoms with Gasteiger partial charge in [0.25, 0.3) is 0 Å². The molecule has 1 atom stereocenters. The van der Waals surface area contributed by atoms with Crippen LogP contribution in [-0.2, 0) is 6.42 Å². The lowest BCUT2D eigenvalue weighted by atomic mass is 10.1. The van der Waals surface area contributed by atoms with Crippen LogP contribution in [0.3, 0.4) is 0 Å². The normalized spacial score (nSPS) is 13.2. The van der Waals surface area contributed by atoms with Gasteiger partial charge in [-0.2, -0.15) is 0 Å². The molecule has 0 saturated carbocycles. The molecule has 2 rings (SSSR count). The number of fused-ring (bicyclic) bond motifs is 1. The predicted octanol–water partition coefficient (Wildman–Crippen LogP) is 2.54. The smallest absolute Gasteiger partial charge is 0.127 e. The summed E-state index contributed by atoms with van der Waals surface area (Å²) in [5.41, 5.74) is 1.16. The molecule has 0 amide bonds. The molecule has 3 nitrogen and oxygen atoms in total. The Labute approximate surface area is 99.9 Å². The molecule has 0 bridgehead atoms. The van der Waals surface area contributed by atoms with Crippen LogP contribution < -0.4 is 5.32 Å². The first kappa shape index (κ1) is 11.5. The van der Waals surface area contributed by atoms with Crippen molar-refractivity contribution in [3.63, 3.8) is 0 Å². The van der Waals surface area contributed by atoms with E-state index in [-0.39, 0.29) is 0 Å². The molecule has 0 aromatic carbocycles. The Kier molecular flexibility index (Phi) is 3.51. The summed E-state index contributed by atoms with van der Waals surface area (Å²) in [4.78, 5) is 11.1. The van der Waals surface area contributed by atoms with Crippen molar-refractivity contribution in [1.29, 1.82) is 0 Å². The van der Waals surface area contributed by atoms with Gasteiger partial charge in [0.15, 0.2) is 0 Å². The van der Waals surface area contributed by atoms with Crippen LogP contribution in [0.5, 0.6) is 0 Å². The highest BCUT2D eigenvalue weighted by atomic mass is 32.1.